The lowest BCUT2D eigenvalue weighted by atomic mass is 9.89. The number of nitrogens with one attached hydrogen (secondary N) is 1. The van der Waals surface area contributed by atoms with Crippen molar-refractivity contribution in [3.05, 3.63) is 63.9 Å². The maximum Gasteiger partial charge on any atom is 0.339 e. The van der Waals surface area contributed by atoms with E-state index in [1.165, 1.54) is 25.1 Å². The first kappa shape index (κ1) is 15.7. The molecule has 2 aromatic rings. The summed E-state index contributed by atoms with van der Waals surface area (Å²) in [4.78, 5) is 24.6. The molecule has 4 nitrogen and oxygen atoms in total. The lowest BCUT2D eigenvalue weighted by Gasteiger charge is -2.33. The molecule has 0 bridgehead atoms. The zero-order chi connectivity index (χ0) is 16.6. The van der Waals surface area contributed by atoms with E-state index in [0.717, 1.165) is 4.47 Å². The number of ether oxygens (including phenoxy) is 1. The van der Waals surface area contributed by atoms with E-state index in [1.54, 1.807) is 24.3 Å². The fraction of sp³-hybridized carbons (Fsp3) is 0.176. The summed E-state index contributed by atoms with van der Waals surface area (Å²) >= 11 is 3.31. The fourth-order valence-corrected chi connectivity index (χ4v) is 2.75. The topological polar surface area (TPSA) is 55.4 Å². The Kier molecular flexibility index (Phi) is 3.93. The maximum absolute atomic E-state index is 13.4. The highest BCUT2D eigenvalue weighted by molar-refractivity contribution is 9.10. The first-order valence-electron chi connectivity index (χ1n) is 6.96. The molecule has 0 saturated heterocycles. The van der Waals surface area contributed by atoms with E-state index in [0.29, 0.717) is 16.8 Å². The number of amides is 1. The van der Waals surface area contributed by atoms with Crippen LogP contribution in [0.25, 0.3) is 0 Å². The van der Waals surface area contributed by atoms with E-state index in [9.17, 15) is 14.0 Å². The molecule has 3 rings (SSSR count). The average Bonchev–Trinajstić information content (AvgIpc) is 2.48. The second kappa shape index (κ2) is 5.77. The van der Waals surface area contributed by atoms with Crippen LogP contribution in [0.1, 0.15) is 22.8 Å². The van der Waals surface area contributed by atoms with Gasteiger partial charge in [0.05, 0.1) is 5.56 Å². The van der Waals surface area contributed by atoms with Gasteiger partial charge in [-0.2, -0.15) is 0 Å². The van der Waals surface area contributed by atoms with Crippen molar-refractivity contribution < 1.29 is 18.7 Å². The zero-order valence-electron chi connectivity index (χ0n) is 12.2. The van der Waals surface area contributed by atoms with Gasteiger partial charge in [0, 0.05) is 16.6 Å². The van der Waals surface area contributed by atoms with Crippen molar-refractivity contribution in [3.8, 4) is 0 Å². The van der Waals surface area contributed by atoms with Crippen molar-refractivity contribution in [3.63, 3.8) is 0 Å². The SMILES string of the molecule is CC1(C(=O)Nc2ccc(Br)cc2)Cc2cc(F)ccc2C(=O)O1. The standard InChI is InChI=1S/C17H13BrFNO3/c1-17(16(22)20-13-5-2-11(18)3-6-13)9-10-8-12(19)4-7-14(10)15(21)23-17/h2-8H,9H2,1H3,(H,20,22). The third-order valence-electron chi connectivity index (χ3n) is 3.72. The summed E-state index contributed by atoms with van der Waals surface area (Å²) in [5.41, 5.74) is -0.0409. The average molecular weight is 378 g/mol. The van der Waals surface area contributed by atoms with Gasteiger partial charge in [-0.3, -0.25) is 4.79 Å². The van der Waals surface area contributed by atoms with Crippen LogP contribution in [0.4, 0.5) is 10.1 Å². The van der Waals surface area contributed by atoms with Crippen molar-refractivity contribution >= 4 is 33.5 Å². The summed E-state index contributed by atoms with van der Waals surface area (Å²) in [6, 6.07) is 10.9. The minimum atomic E-state index is -1.38. The van der Waals surface area contributed by atoms with Crippen LogP contribution in [0.5, 0.6) is 0 Å². The van der Waals surface area contributed by atoms with Gasteiger partial charge in [0.1, 0.15) is 5.82 Å². The maximum atomic E-state index is 13.4. The Bertz CT molecular complexity index is 791. The number of halogens is 2. The molecule has 0 radical (unpaired) electrons. The van der Waals surface area contributed by atoms with Gasteiger partial charge >= 0.3 is 5.97 Å². The van der Waals surface area contributed by atoms with E-state index < -0.39 is 23.3 Å². The molecule has 1 amide bonds. The van der Waals surface area contributed by atoms with Crippen molar-refractivity contribution in [2.24, 2.45) is 0 Å². The zero-order valence-corrected chi connectivity index (χ0v) is 13.8. The predicted octanol–water partition coefficient (Wildman–Crippen LogP) is 3.70. The Hall–Kier alpha value is -2.21. The Morgan fingerprint density at radius 3 is 2.65 bits per heavy atom. The highest BCUT2D eigenvalue weighted by Crippen LogP contribution is 2.30. The molecule has 118 valence electrons. The van der Waals surface area contributed by atoms with Gasteiger partial charge < -0.3 is 10.1 Å². The summed E-state index contributed by atoms with van der Waals surface area (Å²) in [6.07, 6.45) is 0.119. The molecule has 2 aromatic carbocycles. The molecule has 1 N–H and O–H groups in total. The smallest absolute Gasteiger partial charge is 0.339 e. The summed E-state index contributed by atoms with van der Waals surface area (Å²) in [5.74, 6) is -1.53. The van der Waals surface area contributed by atoms with Crippen molar-refractivity contribution in [2.75, 3.05) is 5.32 Å². The number of hydrogen-bond donors (Lipinski definition) is 1. The first-order chi connectivity index (χ1) is 10.9. The van der Waals surface area contributed by atoms with Crippen LogP contribution in [-0.4, -0.2) is 17.5 Å². The van der Waals surface area contributed by atoms with Gasteiger partial charge in [-0.05, 0) is 55.0 Å². The van der Waals surface area contributed by atoms with E-state index in [1.807, 2.05) is 0 Å². The van der Waals surface area contributed by atoms with Crippen molar-refractivity contribution in [2.45, 2.75) is 18.9 Å². The van der Waals surface area contributed by atoms with Gasteiger partial charge in [-0.25, -0.2) is 9.18 Å². The lowest BCUT2D eigenvalue weighted by Crippen LogP contribution is -2.48. The Labute approximate surface area is 140 Å². The first-order valence-corrected chi connectivity index (χ1v) is 7.75. The minimum Gasteiger partial charge on any atom is -0.445 e. The van der Waals surface area contributed by atoms with Crippen LogP contribution in [0.15, 0.2) is 46.9 Å². The predicted molar refractivity (Wildman–Crippen MR) is 86.7 cm³/mol. The van der Waals surface area contributed by atoms with Gasteiger partial charge in [0.2, 0.25) is 0 Å². The number of cyclic esters (lactones) is 1. The molecule has 1 aliphatic heterocycles. The number of carbonyl (C=O) groups excluding carboxylic acids is 2. The number of esters is 1. The minimum absolute atomic E-state index is 0.119. The van der Waals surface area contributed by atoms with E-state index >= 15 is 0 Å². The molecule has 0 saturated carbocycles. The molecule has 23 heavy (non-hydrogen) atoms. The second-order valence-electron chi connectivity index (χ2n) is 5.56. The third kappa shape index (κ3) is 3.12. The summed E-state index contributed by atoms with van der Waals surface area (Å²) in [5, 5.41) is 2.71. The Morgan fingerprint density at radius 2 is 1.96 bits per heavy atom. The lowest BCUT2D eigenvalue weighted by molar-refractivity contribution is -0.134. The van der Waals surface area contributed by atoms with Gasteiger partial charge in [-0.15, -0.1) is 0 Å². The molecular weight excluding hydrogens is 365 g/mol. The number of rotatable bonds is 2. The molecule has 1 heterocycles. The summed E-state index contributed by atoms with van der Waals surface area (Å²) in [7, 11) is 0. The molecule has 0 aromatic heterocycles. The van der Waals surface area contributed by atoms with E-state index in [4.69, 9.17) is 4.74 Å². The molecular formula is C17H13BrFNO3. The van der Waals surface area contributed by atoms with Crippen LogP contribution < -0.4 is 5.32 Å². The normalized spacial score (nSPS) is 19.7. The van der Waals surface area contributed by atoms with Crippen LogP contribution in [0, 0.1) is 5.82 Å². The van der Waals surface area contributed by atoms with Crippen LogP contribution in [-0.2, 0) is 16.0 Å². The monoisotopic (exact) mass is 377 g/mol. The molecule has 0 aliphatic carbocycles. The summed E-state index contributed by atoms with van der Waals surface area (Å²) in [6.45, 7) is 1.52. The largest absolute Gasteiger partial charge is 0.445 e. The number of benzene rings is 2. The summed E-state index contributed by atoms with van der Waals surface area (Å²) < 4.78 is 19.6. The van der Waals surface area contributed by atoms with Crippen LogP contribution in [0.2, 0.25) is 0 Å². The number of carbonyl (C=O) groups is 2. The van der Waals surface area contributed by atoms with Crippen LogP contribution >= 0.6 is 15.9 Å². The third-order valence-corrected chi connectivity index (χ3v) is 4.24. The number of hydrogen-bond acceptors (Lipinski definition) is 3. The van der Waals surface area contributed by atoms with Gasteiger partial charge in [0.15, 0.2) is 5.60 Å². The molecule has 1 aliphatic rings. The van der Waals surface area contributed by atoms with E-state index in [-0.39, 0.29) is 6.42 Å². The molecule has 0 spiro atoms. The second-order valence-corrected chi connectivity index (χ2v) is 6.48. The van der Waals surface area contributed by atoms with Crippen molar-refractivity contribution in [1.29, 1.82) is 0 Å². The number of fused-ring (bicyclic) bond motifs is 1. The molecule has 6 heteroatoms. The number of anilines is 1. The van der Waals surface area contributed by atoms with E-state index in [2.05, 4.69) is 21.2 Å². The molecule has 1 unspecified atom stereocenters. The fourth-order valence-electron chi connectivity index (χ4n) is 2.49. The van der Waals surface area contributed by atoms with Crippen LogP contribution in [0.3, 0.4) is 0 Å². The molecule has 1 atom stereocenters. The Morgan fingerprint density at radius 1 is 1.26 bits per heavy atom. The highest BCUT2D eigenvalue weighted by atomic mass is 79.9. The van der Waals surface area contributed by atoms with Gasteiger partial charge in [-0.1, -0.05) is 15.9 Å². The van der Waals surface area contributed by atoms with Crippen molar-refractivity contribution in [1.82, 2.24) is 0 Å². The quantitative estimate of drug-likeness (QED) is 0.811. The Balaban J connectivity index is 1.85. The van der Waals surface area contributed by atoms with Gasteiger partial charge in [0.25, 0.3) is 5.91 Å². The highest BCUT2D eigenvalue weighted by Gasteiger charge is 2.42. The molecule has 0 fully saturated rings.